The molecule has 9 heteroatoms. The first kappa shape index (κ1) is 19.9. The number of para-hydroxylation sites is 1. The third-order valence-electron chi connectivity index (χ3n) is 3.97. The van der Waals surface area contributed by atoms with Crippen LogP contribution in [0.1, 0.15) is 24.1 Å². The minimum atomic E-state index is -4.42. The fourth-order valence-corrected chi connectivity index (χ4v) is 3.31. The van der Waals surface area contributed by atoms with Gasteiger partial charge in [0.25, 0.3) is 0 Å². The second-order valence-corrected chi connectivity index (χ2v) is 6.96. The van der Waals surface area contributed by atoms with Crippen molar-refractivity contribution in [1.82, 2.24) is 20.1 Å². The molecule has 0 aliphatic carbocycles. The van der Waals surface area contributed by atoms with Crippen molar-refractivity contribution in [2.24, 2.45) is 0 Å². The van der Waals surface area contributed by atoms with Crippen LogP contribution < -0.4 is 5.32 Å². The van der Waals surface area contributed by atoms with E-state index in [9.17, 15) is 18.0 Å². The molecule has 0 radical (unpaired) electrons. The molecule has 0 fully saturated rings. The van der Waals surface area contributed by atoms with E-state index in [4.69, 9.17) is 0 Å². The van der Waals surface area contributed by atoms with Crippen molar-refractivity contribution in [2.45, 2.75) is 24.3 Å². The van der Waals surface area contributed by atoms with Crippen LogP contribution in [-0.2, 0) is 11.0 Å². The number of rotatable bonds is 6. The Morgan fingerprint density at radius 2 is 1.93 bits per heavy atom. The number of carbonyl (C=O) groups is 1. The van der Waals surface area contributed by atoms with E-state index in [1.54, 1.807) is 23.9 Å². The second-order valence-electron chi connectivity index (χ2n) is 6.02. The van der Waals surface area contributed by atoms with Crippen LogP contribution in [0.15, 0.2) is 66.1 Å². The highest BCUT2D eigenvalue weighted by Crippen LogP contribution is 2.30. The van der Waals surface area contributed by atoms with Gasteiger partial charge >= 0.3 is 6.18 Å². The molecule has 0 bridgehead atoms. The van der Waals surface area contributed by atoms with Gasteiger partial charge in [-0.3, -0.25) is 9.36 Å². The van der Waals surface area contributed by atoms with E-state index in [0.717, 1.165) is 17.8 Å². The van der Waals surface area contributed by atoms with Crippen LogP contribution in [0.3, 0.4) is 0 Å². The minimum Gasteiger partial charge on any atom is -0.349 e. The molecular formula is C19H17F3N4OS. The molecule has 0 saturated heterocycles. The average molecular weight is 406 g/mol. The monoisotopic (exact) mass is 406 g/mol. The SMILES string of the molecule is C[C@@H](NC(=O)CSc1nncn1-c1ccccc1)c1cccc(C(F)(F)F)c1. The fraction of sp³-hybridized carbons (Fsp3) is 0.211. The molecule has 146 valence electrons. The molecule has 3 aromatic rings. The van der Waals surface area contributed by atoms with E-state index < -0.39 is 17.8 Å². The number of carbonyl (C=O) groups excluding carboxylic acids is 1. The number of nitrogens with one attached hydrogen (secondary N) is 1. The Hall–Kier alpha value is -2.81. The van der Waals surface area contributed by atoms with Gasteiger partial charge in [-0.1, -0.05) is 42.1 Å². The molecular weight excluding hydrogens is 389 g/mol. The first-order chi connectivity index (χ1) is 13.3. The van der Waals surface area contributed by atoms with Gasteiger partial charge in [-0.2, -0.15) is 13.2 Å². The number of aromatic nitrogens is 3. The van der Waals surface area contributed by atoms with E-state index in [-0.39, 0.29) is 11.7 Å². The number of benzene rings is 2. The molecule has 1 heterocycles. The number of thioether (sulfide) groups is 1. The molecule has 1 N–H and O–H groups in total. The summed E-state index contributed by atoms with van der Waals surface area (Å²) in [5, 5.41) is 11.1. The van der Waals surface area contributed by atoms with E-state index in [0.29, 0.717) is 10.7 Å². The predicted molar refractivity (Wildman–Crippen MR) is 100 cm³/mol. The van der Waals surface area contributed by atoms with Crippen molar-refractivity contribution in [1.29, 1.82) is 0 Å². The molecule has 0 aliphatic heterocycles. The topological polar surface area (TPSA) is 59.8 Å². The largest absolute Gasteiger partial charge is 0.416 e. The van der Waals surface area contributed by atoms with Gasteiger partial charge < -0.3 is 5.32 Å². The summed E-state index contributed by atoms with van der Waals surface area (Å²) in [5.74, 6) is -0.244. The standard InChI is InChI=1S/C19H17F3N4OS/c1-13(14-6-5-7-15(10-14)19(20,21)22)24-17(27)11-28-18-25-23-12-26(18)16-8-3-2-4-9-16/h2-10,12-13H,11H2,1H3,(H,24,27)/t13-/m1/s1. The summed E-state index contributed by atoms with van der Waals surface area (Å²) in [6, 6.07) is 13.8. The Morgan fingerprint density at radius 1 is 1.18 bits per heavy atom. The van der Waals surface area contributed by atoms with Gasteiger partial charge in [0.1, 0.15) is 6.33 Å². The number of alkyl halides is 3. The Kier molecular flexibility index (Phi) is 6.03. The van der Waals surface area contributed by atoms with E-state index in [2.05, 4.69) is 15.5 Å². The first-order valence-electron chi connectivity index (χ1n) is 8.39. The molecule has 1 atom stereocenters. The van der Waals surface area contributed by atoms with Crippen LogP contribution in [-0.4, -0.2) is 26.4 Å². The lowest BCUT2D eigenvalue weighted by molar-refractivity contribution is -0.137. The Morgan fingerprint density at radius 3 is 2.64 bits per heavy atom. The van der Waals surface area contributed by atoms with Gasteiger partial charge in [-0.15, -0.1) is 10.2 Å². The number of nitrogens with zero attached hydrogens (tertiary/aromatic N) is 3. The molecule has 2 aromatic carbocycles. The Balaban J connectivity index is 1.61. The lowest BCUT2D eigenvalue weighted by atomic mass is 10.0. The van der Waals surface area contributed by atoms with Crippen molar-refractivity contribution in [3.05, 3.63) is 72.1 Å². The summed E-state index contributed by atoms with van der Waals surface area (Å²) in [6.07, 6.45) is -2.86. The Labute approximate surface area is 164 Å². The highest BCUT2D eigenvalue weighted by Gasteiger charge is 2.30. The van der Waals surface area contributed by atoms with Crippen LogP contribution in [0.2, 0.25) is 0 Å². The summed E-state index contributed by atoms with van der Waals surface area (Å²) < 4.78 is 40.3. The van der Waals surface area contributed by atoms with Crippen LogP contribution in [0, 0.1) is 0 Å². The third kappa shape index (κ3) is 4.92. The first-order valence-corrected chi connectivity index (χ1v) is 9.38. The van der Waals surface area contributed by atoms with Gasteiger partial charge in [-0.25, -0.2) is 0 Å². The molecule has 3 rings (SSSR count). The summed E-state index contributed by atoms with van der Waals surface area (Å²) in [6.45, 7) is 1.64. The van der Waals surface area contributed by atoms with Crippen molar-refractivity contribution in [3.8, 4) is 5.69 Å². The molecule has 28 heavy (non-hydrogen) atoms. The van der Waals surface area contributed by atoms with Crippen LogP contribution >= 0.6 is 11.8 Å². The van der Waals surface area contributed by atoms with Crippen molar-refractivity contribution in [3.63, 3.8) is 0 Å². The quantitative estimate of drug-likeness (QED) is 0.622. The van der Waals surface area contributed by atoms with Crippen LogP contribution in [0.25, 0.3) is 5.69 Å². The molecule has 5 nitrogen and oxygen atoms in total. The normalized spacial score (nSPS) is 12.6. The van der Waals surface area contributed by atoms with Crippen molar-refractivity contribution in [2.75, 3.05) is 5.75 Å². The number of hydrogen-bond acceptors (Lipinski definition) is 4. The predicted octanol–water partition coefficient (Wildman–Crippen LogP) is 4.26. The van der Waals surface area contributed by atoms with Crippen molar-refractivity contribution >= 4 is 17.7 Å². The maximum absolute atomic E-state index is 12.8. The Bertz CT molecular complexity index is 944. The highest BCUT2D eigenvalue weighted by molar-refractivity contribution is 7.99. The maximum Gasteiger partial charge on any atom is 0.416 e. The van der Waals surface area contributed by atoms with Crippen molar-refractivity contribution < 1.29 is 18.0 Å². The summed E-state index contributed by atoms with van der Waals surface area (Å²) in [4.78, 5) is 12.2. The second kappa shape index (κ2) is 8.47. The smallest absolute Gasteiger partial charge is 0.349 e. The minimum absolute atomic E-state index is 0.0643. The highest BCUT2D eigenvalue weighted by atomic mass is 32.2. The summed E-state index contributed by atoms with van der Waals surface area (Å²) in [5.41, 5.74) is 0.518. The van der Waals surface area contributed by atoms with Crippen LogP contribution in [0.5, 0.6) is 0 Å². The maximum atomic E-state index is 12.8. The molecule has 1 aromatic heterocycles. The number of halogens is 3. The molecule has 0 aliphatic rings. The molecule has 1 amide bonds. The average Bonchev–Trinajstić information content (AvgIpc) is 3.15. The van der Waals surface area contributed by atoms with E-state index in [1.807, 2.05) is 30.3 Å². The van der Waals surface area contributed by atoms with Gasteiger partial charge in [0.2, 0.25) is 5.91 Å². The summed E-state index contributed by atoms with van der Waals surface area (Å²) in [7, 11) is 0. The van der Waals surface area contributed by atoms with E-state index in [1.165, 1.54) is 17.8 Å². The lowest BCUT2D eigenvalue weighted by Crippen LogP contribution is -2.28. The van der Waals surface area contributed by atoms with Gasteiger partial charge in [0.05, 0.1) is 17.4 Å². The van der Waals surface area contributed by atoms with Gasteiger partial charge in [0, 0.05) is 5.69 Å². The number of amides is 1. The lowest BCUT2D eigenvalue weighted by Gasteiger charge is -2.16. The molecule has 0 unspecified atom stereocenters. The number of hydrogen-bond donors (Lipinski definition) is 1. The fourth-order valence-electron chi connectivity index (χ4n) is 2.57. The molecule has 0 saturated carbocycles. The summed E-state index contributed by atoms with van der Waals surface area (Å²) >= 11 is 1.20. The third-order valence-corrected chi connectivity index (χ3v) is 4.92. The zero-order chi connectivity index (χ0) is 20.1. The zero-order valence-corrected chi connectivity index (χ0v) is 15.7. The zero-order valence-electron chi connectivity index (χ0n) is 14.8. The van der Waals surface area contributed by atoms with Gasteiger partial charge in [-0.05, 0) is 36.8 Å². The van der Waals surface area contributed by atoms with E-state index >= 15 is 0 Å². The molecule has 0 spiro atoms. The van der Waals surface area contributed by atoms with Crippen LogP contribution in [0.4, 0.5) is 13.2 Å². The van der Waals surface area contributed by atoms with Gasteiger partial charge in [0.15, 0.2) is 5.16 Å².